The summed E-state index contributed by atoms with van der Waals surface area (Å²) in [6, 6.07) is 7.28. The van der Waals surface area contributed by atoms with E-state index in [0.29, 0.717) is 6.04 Å². The first-order valence-electron chi connectivity index (χ1n) is 7.30. The molecule has 1 aromatic heterocycles. The Morgan fingerprint density at radius 3 is 3.05 bits per heavy atom. The summed E-state index contributed by atoms with van der Waals surface area (Å²) in [5, 5.41) is 11.7. The number of anilines is 1. The molecule has 112 valence electrons. The molecule has 3 rings (SSSR count). The highest BCUT2D eigenvalue weighted by atomic mass is 19.1. The zero-order valence-corrected chi connectivity index (χ0v) is 12.2. The Labute approximate surface area is 123 Å². The van der Waals surface area contributed by atoms with Crippen molar-refractivity contribution in [1.82, 2.24) is 20.3 Å². The number of rotatable bonds is 7. The van der Waals surface area contributed by atoms with Crippen LogP contribution < -0.4 is 10.2 Å². The quantitative estimate of drug-likeness (QED) is 0.844. The van der Waals surface area contributed by atoms with Crippen molar-refractivity contribution in [3.8, 4) is 0 Å². The van der Waals surface area contributed by atoms with Gasteiger partial charge >= 0.3 is 0 Å². The molecule has 6 heteroatoms. The minimum absolute atomic E-state index is 0.214. The van der Waals surface area contributed by atoms with E-state index in [4.69, 9.17) is 0 Å². The van der Waals surface area contributed by atoms with Crippen LogP contribution in [0.15, 0.2) is 30.5 Å². The molecule has 2 aromatic rings. The molecule has 1 fully saturated rings. The minimum Gasteiger partial charge on any atom is -0.373 e. The first kappa shape index (κ1) is 14.0. The predicted molar refractivity (Wildman–Crippen MR) is 79.6 cm³/mol. The van der Waals surface area contributed by atoms with E-state index < -0.39 is 0 Å². The second kappa shape index (κ2) is 6.22. The second-order valence-electron chi connectivity index (χ2n) is 5.53. The van der Waals surface area contributed by atoms with E-state index in [1.165, 1.54) is 25.0 Å². The smallest absolute Gasteiger partial charge is 0.125 e. The lowest BCUT2D eigenvalue weighted by atomic mass is 10.3. The first-order chi connectivity index (χ1) is 10.2. The Hall–Kier alpha value is -1.95. The molecule has 1 heterocycles. The summed E-state index contributed by atoms with van der Waals surface area (Å²) in [7, 11) is 1.95. The van der Waals surface area contributed by atoms with Crippen molar-refractivity contribution < 1.29 is 4.39 Å². The molecule has 0 saturated heterocycles. The molecule has 0 amide bonds. The summed E-state index contributed by atoms with van der Waals surface area (Å²) >= 11 is 0. The summed E-state index contributed by atoms with van der Waals surface area (Å²) in [5.74, 6) is -0.214. The van der Waals surface area contributed by atoms with Gasteiger partial charge in [0.25, 0.3) is 0 Å². The monoisotopic (exact) mass is 289 g/mol. The highest BCUT2D eigenvalue weighted by Crippen LogP contribution is 2.19. The maximum absolute atomic E-state index is 13.2. The van der Waals surface area contributed by atoms with E-state index in [-0.39, 0.29) is 5.82 Å². The second-order valence-corrected chi connectivity index (χ2v) is 5.53. The fourth-order valence-corrected chi connectivity index (χ4v) is 2.16. The lowest BCUT2D eigenvalue weighted by Crippen LogP contribution is -2.23. The van der Waals surface area contributed by atoms with Crippen molar-refractivity contribution in [2.75, 3.05) is 18.5 Å². The maximum atomic E-state index is 13.2. The molecule has 0 aliphatic heterocycles. The van der Waals surface area contributed by atoms with Crippen LogP contribution in [0.3, 0.4) is 0 Å². The Bertz CT molecular complexity index is 593. The van der Waals surface area contributed by atoms with Crippen molar-refractivity contribution in [3.05, 3.63) is 42.0 Å². The molecule has 21 heavy (non-hydrogen) atoms. The van der Waals surface area contributed by atoms with Gasteiger partial charge in [-0.15, -0.1) is 5.10 Å². The Kier molecular flexibility index (Phi) is 4.15. The van der Waals surface area contributed by atoms with Crippen LogP contribution in [0.1, 0.15) is 18.5 Å². The number of hydrogen-bond donors (Lipinski definition) is 1. The molecule has 0 atom stereocenters. The van der Waals surface area contributed by atoms with Crippen molar-refractivity contribution in [1.29, 1.82) is 0 Å². The van der Waals surface area contributed by atoms with Gasteiger partial charge < -0.3 is 10.2 Å². The van der Waals surface area contributed by atoms with Gasteiger partial charge in [0.1, 0.15) is 5.82 Å². The van der Waals surface area contributed by atoms with E-state index in [1.807, 2.05) is 28.9 Å². The molecule has 0 bridgehead atoms. The molecule has 1 N–H and O–H groups in total. The Morgan fingerprint density at radius 2 is 2.29 bits per heavy atom. The zero-order valence-electron chi connectivity index (χ0n) is 12.2. The first-order valence-corrected chi connectivity index (χ1v) is 7.30. The third-order valence-electron chi connectivity index (χ3n) is 3.65. The predicted octanol–water partition coefficient (Wildman–Crippen LogP) is 1.81. The van der Waals surface area contributed by atoms with Crippen LogP contribution in [0.25, 0.3) is 0 Å². The lowest BCUT2D eigenvalue weighted by molar-refractivity contribution is 0.585. The summed E-state index contributed by atoms with van der Waals surface area (Å²) in [4.78, 5) is 2.01. The summed E-state index contributed by atoms with van der Waals surface area (Å²) in [6.45, 7) is 2.26. The van der Waals surface area contributed by atoms with Crippen molar-refractivity contribution >= 4 is 5.69 Å². The van der Waals surface area contributed by atoms with Gasteiger partial charge in [0, 0.05) is 38.1 Å². The van der Waals surface area contributed by atoms with Crippen molar-refractivity contribution in [2.45, 2.75) is 32.0 Å². The van der Waals surface area contributed by atoms with Gasteiger partial charge in [-0.2, -0.15) is 0 Å². The van der Waals surface area contributed by atoms with Crippen LogP contribution in [0.4, 0.5) is 10.1 Å². The standard InChI is InChI=1S/C15H20FN5/c1-20(15-4-2-3-12(16)9-15)7-8-21-11-14(18-19-21)10-17-13-5-6-13/h2-4,9,11,13,17H,5-8,10H2,1H3. The summed E-state index contributed by atoms with van der Waals surface area (Å²) < 4.78 is 15.0. The van der Waals surface area contributed by atoms with Gasteiger partial charge in [0.15, 0.2) is 0 Å². The molecule has 0 unspecified atom stereocenters. The van der Waals surface area contributed by atoms with Gasteiger partial charge in [0.2, 0.25) is 0 Å². The maximum Gasteiger partial charge on any atom is 0.125 e. The molecule has 1 aliphatic carbocycles. The highest BCUT2D eigenvalue weighted by molar-refractivity contribution is 5.45. The van der Waals surface area contributed by atoms with Gasteiger partial charge in [-0.3, -0.25) is 4.68 Å². The van der Waals surface area contributed by atoms with Gasteiger partial charge in [-0.25, -0.2) is 4.39 Å². The molecule has 5 nitrogen and oxygen atoms in total. The number of halogens is 1. The van der Waals surface area contributed by atoms with E-state index in [9.17, 15) is 4.39 Å². The van der Waals surface area contributed by atoms with Crippen LogP contribution >= 0.6 is 0 Å². The van der Waals surface area contributed by atoms with Crippen molar-refractivity contribution in [2.24, 2.45) is 0 Å². The number of likely N-dealkylation sites (N-methyl/N-ethyl adjacent to an activating group) is 1. The van der Waals surface area contributed by atoms with Gasteiger partial charge in [0.05, 0.1) is 12.2 Å². The van der Waals surface area contributed by atoms with Gasteiger partial charge in [-0.05, 0) is 31.0 Å². The zero-order chi connectivity index (χ0) is 14.7. The van der Waals surface area contributed by atoms with Crippen LogP contribution in [0.2, 0.25) is 0 Å². The molecule has 1 saturated carbocycles. The van der Waals surface area contributed by atoms with E-state index in [1.54, 1.807) is 6.07 Å². The van der Waals surface area contributed by atoms with E-state index in [0.717, 1.165) is 31.0 Å². The van der Waals surface area contributed by atoms with Crippen LogP contribution in [-0.4, -0.2) is 34.6 Å². The Morgan fingerprint density at radius 1 is 1.43 bits per heavy atom. The highest BCUT2D eigenvalue weighted by Gasteiger charge is 2.20. The van der Waals surface area contributed by atoms with Crippen LogP contribution in [0.5, 0.6) is 0 Å². The SMILES string of the molecule is CN(CCn1cc(CNC2CC2)nn1)c1cccc(F)c1. The normalized spacial score (nSPS) is 14.4. The van der Waals surface area contributed by atoms with Crippen LogP contribution in [0, 0.1) is 5.82 Å². The number of benzene rings is 1. The van der Waals surface area contributed by atoms with Crippen molar-refractivity contribution in [3.63, 3.8) is 0 Å². The molecule has 1 aliphatic rings. The molecular formula is C15H20FN5. The number of nitrogens with one attached hydrogen (secondary N) is 1. The third kappa shape index (κ3) is 4.01. The number of nitrogens with zero attached hydrogens (tertiary/aromatic N) is 4. The fourth-order valence-electron chi connectivity index (χ4n) is 2.16. The number of hydrogen-bond acceptors (Lipinski definition) is 4. The topological polar surface area (TPSA) is 46.0 Å². The summed E-state index contributed by atoms with van der Waals surface area (Å²) in [6.07, 6.45) is 4.51. The summed E-state index contributed by atoms with van der Waals surface area (Å²) in [5.41, 5.74) is 1.83. The fraction of sp³-hybridized carbons (Fsp3) is 0.467. The molecule has 1 aromatic carbocycles. The largest absolute Gasteiger partial charge is 0.373 e. The van der Waals surface area contributed by atoms with E-state index in [2.05, 4.69) is 15.6 Å². The minimum atomic E-state index is -0.214. The molecule has 0 radical (unpaired) electrons. The average molecular weight is 289 g/mol. The van der Waals surface area contributed by atoms with E-state index >= 15 is 0 Å². The lowest BCUT2D eigenvalue weighted by Gasteiger charge is -2.18. The Balaban J connectivity index is 1.49. The van der Waals surface area contributed by atoms with Crippen LogP contribution in [-0.2, 0) is 13.1 Å². The molecular weight excluding hydrogens is 269 g/mol. The van der Waals surface area contributed by atoms with Gasteiger partial charge in [-0.1, -0.05) is 11.3 Å². The molecule has 0 spiro atoms. The number of aromatic nitrogens is 3. The third-order valence-corrected chi connectivity index (χ3v) is 3.65. The average Bonchev–Trinajstić information content (AvgIpc) is 3.21.